The summed E-state index contributed by atoms with van der Waals surface area (Å²) in [5, 5.41) is 44.4. The largest absolute Gasteiger partial charge is 0.510 e. The van der Waals surface area contributed by atoms with Crippen molar-refractivity contribution in [3.63, 3.8) is 0 Å². The van der Waals surface area contributed by atoms with Crippen LogP contribution in [0.25, 0.3) is 0 Å². The number of nitrogens with two attached hydrogens (primary N) is 1. The highest BCUT2D eigenvalue weighted by atomic mass is 19.1. The number of benzene rings is 2. The molecule has 10 heteroatoms. The van der Waals surface area contributed by atoms with E-state index >= 15 is 0 Å². The zero-order valence-corrected chi connectivity index (χ0v) is 21.0. The Bertz CT molecular complexity index is 1600. The van der Waals surface area contributed by atoms with Gasteiger partial charge in [0.2, 0.25) is 5.78 Å². The highest BCUT2D eigenvalue weighted by molar-refractivity contribution is 6.24. The molecule has 2 aromatic rings. The number of primary amides is 1. The van der Waals surface area contributed by atoms with E-state index in [9.17, 15) is 39.2 Å². The van der Waals surface area contributed by atoms with Crippen molar-refractivity contribution in [3.05, 3.63) is 87.1 Å². The van der Waals surface area contributed by atoms with Gasteiger partial charge < -0.3 is 26.2 Å². The van der Waals surface area contributed by atoms with Crippen molar-refractivity contribution in [3.8, 4) is 17.6 Å². The van der Waals surface area contributed by atoms with Gasteiger partial charge in [-0.1, -0.05) is 24.0 Å². The Morgan fingerprint density at radius 3 is 2.38 bits per heavy atom. The minimum atomic E-state index is -2.71. The molecule has 6 N–H and O–H groups in total. The molecular weight excluding hydrogens is 507 g/mol. The van der Waals surface area contributed by atoms with E-state index in [1.54, 1.807) is 20.2 Å². The minimum absolute atomic E-state index is 0.0401. The summed E-state index contributed by atoms with van der Waals surface area (Å²) in [5.74, 6) is -2.14. The number of nitrogens with zero attached hydrogens (tertiary/aromatic N) is 1. The third-order valence-corrected chi connectivity index (χ3v) is 7.81. The van der Waals surface area contributed by atoms with Crippen molar-refractivity contribution >= 4 is 17.5 Å². The molecule has 1 amide bonds. The van der Waals surface area contributed by atoms with Crippen LogP contribution in [0.3, 0.4) is 0 Å². The second-order valence-corrected chi connectivity index (χ2v) is 10.2. The average molecular weight is 533 g/mol. The monoisotopic (exact) mass is 532 g/mol. The normalized spacial score (nSPS) is 26.0. The first-order chi connectivity index (χ1) is 18.4. The van der Waals surface area contributed by atoms with E-state index < -0.39 is 69.6 Å². The van der Waals surface area contributed by atoms with Gasteiger partial charge in [-0.2, -0.15) is 0 Å². The van der Waals surface area contributed by atoms with Gasteiger partial charge in [0.1, 0.15) is 28.7 Å². The Kier molecular flexibility index (Phi) is 6.09. The number of phenols is 1. The first-order valence-electron chi connectivity index (χ1n) is 12.2. The number of hydrogen-bond donors (Lipinski definition) is 5. The number of aliphatic hydroxyl groups is 3. The van der Waals surface area contributed by atoms with E-state index in [0.717, 1.165) is 0 Å². The quantitative estimate of drug-likeness (QED) is 0.288. The fraction of sp³-hybridized carbons (Fsp3) is 0.276. The summed E-state index contributed by atoms with van der Waals surface area (Å²) in [4.78, 5) is 40.6. The third kappa shape index (κ3) is 3.73. The summed E-state index contributed by atoms with van der Waals surface area (Å²) in [7, 11) is 3.11. The molecule has 9 nitrogen and oxygen atoms in total. The summed E-state index contributed by atoms with van der Waals surface area (Å²) < 4.78 is 14.1. The first-order valence-corrected chi connectivity index (χ1v) is 12.2. The number of ketones is 2. The lowest BCUT2D eigenvalue weighted by Gasteiger charge is -2.50. The van der Waals surface area contributed by atoms with Crippen LogP contribution in [0.4, 0.5) is 4.39 Å². The molecule has 39 heavy (non-hydrogen) atoms. The van der Waals surface area contributed by atoms with Crippen LogP contribution in [-0.2, 0) is 16.0 Å². The van der Waals surface area contributed by atoms with Crippen LogP contribution in [0.15, 0.2) is 59.1 Å². The molecule has 5 rings (SSSR count). The van der Waals surface area contributed by atoms with E-state index in [-0.39, 0.29) is 29.5 Å². The Morgan fingerprint density at radius 2 is 1.74 bits per heavy atom. The highest BCUT2D eigenvalue weighted by Crippen LogP contribution is 2.52. The summed E-state index contributed by atoms with van der Waals surface area (Å²) in [6, 6.07) is 7.60. The predicted octanol–water partition coefficient (Wildman–Crippen LogP) is 1.66. The number of phenolic OH excluding ortho intramolecular Hbond substituents is 1. The van der Waals surface area contributed by atoms with Crippen LogP contribution in [-0.4, -0.2) is 68.5 Å². The fourth-order valence-corrected chi connectivity index (χ4v) is 6.07. The van der Waals surface area contributed by atoms with Gasteiger partial charge in [-0.15, -0.1) is 0 Å². The third-order valence-electron chi connectivity index (χ3n) is 7.81. The van der Waals surface area contributed by atoms with Crippen molar-refractivity contribution in [1.82, 2.24) is 4.90 Å². The number of halogens is 1. The second-order valence-electron chi connectivity index (χ2n) is 10.2. The number of aliphatic hydroxyl groups excluding tert-OH is 2. The molecule has 0 aromatic heterocycles. The number of Topliss-reactive ketones (excluding diaryl/α,β-unsaturated/α-hetero) is 2. The molecule has 4 atom stereocenters. The van der Waals surface area contributed by atoms with Crippen molar-refractivity contribution in [2.75, 3.05) is 14.1 Å². The van der Waals surface area contributed by atoms with Gasteiger partial charge in [0.25, 0.3) is 5.91 Å². The molecule has 0 unspecified atom stereocenters. The van der Waals surface area contributed by atoms with Gasteiger partial charge in [0, 0.05) is 17.1 Å². The van der Waals surface area contributed by atoms with Gasteiger partial charge in [-0.3, -0.25) is 19.3 Å². The van der Waals surface area contributed by atoms with Crippen LogP contribution in [0.5, 0.6) is 5.75 Å². The zero-order valence-electron chi connectivity index (χ0n) is 21.0. The summed E-state index contributed by atoms with van der Waals surface area (Å²) in [6.07, 6.45) is 0.0474. The number of rotatable bonds is 2. The Morgan fingerprint density at radius 1 is 1.08 bits per heavy atom. The topological polar surface area (TPSA) is 161 Å². The molecule has 0 saturated carbocycles. The summed E-state index contributed by atoms with van der Waals surface area (Å²) in [5.41, 5.74) is 2.23. The van der Waals surface area contributed by atoms with Crippen LogP contribution in [0.2, 0.25) is 0 Å². The number of fused-ring (bicyclic) bond motifs is 3. The number of aromatic hydroxyl groups is 1. The maximum atomic E-state index is 14.1. The lowest BCUT2D eigenvalue weighted by Crippen LogP contribution is -2.63. The summed E-state index contributed by atoms with van der Waals surface area (Å²) in [6.45, 7) is 0. The van der Waals surface area contributed by atoms with Crippen molar-refractivity contribution in [2.45, 2.75) is 24.5 Å². The second kappa shape index (κ2) is 9.08. The van der Waals surface area contributed by atoms with E-state index in [2.05, 4.69) is 11.8 Å². The number of likely N-dealkylation sites (N-methyl/N-ethyl adjacent to an activating group) is 1. The standard InChI is InChI=1S/C29H25FN2O7/c1-32(2)23-17-12-15-11-16-13(7-8-14-5-3-4-6-18(14)30)9-10-19(33)21(16)24(34)20(15)26(36)29(17,39)27(37)22(25(23)35)28(31)38/h3-6,9-10,15,17,23,33,35-36,39H,11-12H2,1-2H3,(H2,31,38)/t15-,17+,23-,29+/m1/s1. The summed E-state index contributed by atoms with van der Waals surface area (Å²) >= 11 is 0. The SMILES string of the molecule is CN(C)[C@H]1C(O)=C(C(N)=O)C(=O)[C@@]2(O)C(O)=C3C(=O)c4c(O)ccc(C#Cc5ccccc5F)c4C[C@@H]3C[C@@H]12. The van der Waals surface area contributed by atoms with E-state index in [1.165, 1.54) is 35.2 Å². The lowest BCUT2D eigenvalue weighted by molar-refractivity contribution is -0.148. The number of hydrogen-bond acceptors (Lipinski definition) is 8. The van der Waals surface area contributed by atoms with Crippen LogP contribution < -0.4 is 5.73 Å². The van der Waals surface area contributed by atoms with Crippen molar-refractivity contribution in [1.29, 1.82) is 0 Å². The van der Waals surface area contributed by atoms with Crippen LogP contribution in [0.1, 0.15) is 33.5 Å². The minimum Gasteiger partial charge on any atom is -0.510 e. The molecule has 0 heterocycles. The zero-order chi connectivity index (χ0) is 28.4. The first kappa shape index (κ1) is 26.2. The van der Waals surface area contributed by atoms with E-state index in [4.69, 9.17) is 5.73 Å². The smallest absolute Gasteiger partial charge is 0.255 e. The van der Waals surface area contributed by atoms with Gasteiger partial charge >= 0.3 is 0 Å². The maximum absolute atomic E-state index is 14.1. The molecule has 200 valence electrons. The molecule has 0 saturated heterocycles. The van der Waals surface area contributed by atoms with Gasteiger partial charge in [-0.05, 0) is 62.7 Å². The van der Waals surface area contributed by atoms with Crippen molar-refractivity contribution < 1.29 is 39.2 Å². The molecular formula is C29H25FN2O7. The van der Waals surface area contributed by atoms with Crippen LogP contribution in [0, 0.1) is 29.5 Å². The van der Waals surface area contributed by atoms with Crippen molar-refractivity contribution in [2.24, 2.45) is 17.6 Å². The van der Waals surface area contributed by atoms with Gasteiger partial charge in [-0.25, -0.2) is 4.39 Å². The number of allylic oxidation sites excluding steroid dienone is 1. The van der Waals surface area contributed by atoms with Crippen LogP contribution >= 0.6 is 0 Å². The van der Waals surface area contributed by atoms with Gasteiger partial charge in [0.15, 0.2) is 11.4 Å². The fourth-order valence-electron chi connectivity index (χ4n) is 6.07. The van der Waals surface area contributed by atoms with E-state index in [0.29, 0.717) is 11.1 Å². The Hall–Kier alpha value is -4.46. The molecule has 0 aliphatic heterocycles. The molecule has 3 aliphatic rings. The molecule has 0 fully saturated rings. The molecule has 3 aliphatic carbocycles. The number of carbonyl (C=O) groups is 3. The molecule has 0 bridgehead atoms. The van der Waals surface area contributed by atoms with Gasteiger partial charge in [0.05, 0.1) is 17.2 Å². The molecule has 0 spiro atoms. The molecule has 2 aromatic carbocycles. The van der Waals surface area contributed by atoms with E-state index in [1.807, 2.05) is 0 Å². The highest BCUT2D eigenvalue weighted by Gasteiger charge is 2.63. The number of amides is 1. The lowest BCUT2D eigenvalue weighted by atomic mass is 9.58. The average Bonchev–Trinajstić information content (AvgIpc) is 2.86. The predicted molar refractivity (Wildman–Crippen MR) is 136 cm³/mol. The Balaban J connectivity index is 1.68. The maximum Gasteiger partial charge on any atom is 0.255 e. The molecule has 0 radical (unpaired) electrons. The number of carbonyl (C=O) groups excluding carboxylic acids is 3. The Labute approximate surface area is 222 Å².